The first-order valence-electron chi connectivity index (χ1n) is 8.90. The van der Waals surface area contributed by atoms with Crippen LogP contribution in [0.3, 0.4) is 0 Å². The number of benzene rings is 2. The molecular weight excluding hydrogens is 436 g/mol. The number of carboxylic acids is 1. The van der Waals surface area contributed by atoms with Gasteiger partial charge in [0.1, 0.15) is 11.8 Å². The van der Waals surface area contributed by atoms with Gasteiger partial charge in [-0.1, -0.05) is 16.8 Å². The number of hydrogen-bond donors (Lipinski definition) is 2. The topological polar surface area (TPSA) is 115 Å². The van der Waals surface area contributed by atoms with E-state index in [2.05, 4.69) is 20.2 Å². The van der Waals surface area contributed by atoms with Gasteiger partial charge in [-0.3, -0.25) is 9.59 Å². The highest BCUT2D eigenvalue weighted by Crippen LogP contribution is 2.26. The molecule has 1 amide bonds. The predicted molar refractivity (Wildman–Crippen MR) is 105 cm³/mol. The average molecular weight is 452 g/mol. The molecule has 3 rings (SSSR count). The number of halogens is 3. The third-order valence-corrected chi connectivity index (χ3v) is 4.19. The largest absolute Gasteiger partial charge is 0.481 e. The molecule has 0 spiro atoms. The number of rotatable bonds is 8. The molecule has 8 nitrogen and oxygen atoms in total. The zero-order valence-electron chi connectivity index (χ0n) is 16.0. The molecule has 0 aliphatic rings. The van der Waals surface area contributed by atoms with Crippen LogP contribution < -0.4 is 10.1 Å². The van der Waals surface area contributed by atoms with Crippen molar-refractivity contribution in [1.29, 1.82) is 0 Å². The van der Waals surface area contributed by atoms with E-state index in [-0.39, 0.29) is 23.0 Å². The van der Waals surface area contributed by atoms with Crippen LogP contribution in [0, 0.1) is 0 Å². The minimum atomic E-state index is -3.33. The standard InChI is InChI=1S/C20H16ClF2N3O5/c1-20(22,23)30-14-8-4-11(5-9-14)17-25-19(31-26-17)15(10-16(27)28)24-18(29)12-2-6-13(21)7-3-12/h2-9,15H,10H2,1H3,(H,24,29)(H,27,28)/t15-/m0/s1. The summed E-state index contributed by atoms with van der Waals surface area (Å²) in [5.74, 6) is -1.84. The average Bonchev–Trinajstić information content (AvgIpc) is 3.17. The summed E-state index contributed by atoms with van der Waals surface area (Å²) in [6.07, 6.45) is -3.83. The van der Waals surface area contributed by atoms with Crippen LogP contribution in [0.15, 0.2) is 53.1 Å². The van der Waals surface area contributed by atoms with E-state index in [0.29, 0.717) is 17.5 Å². The van der Waals surface area contributed by atoms with Crippen LogP contribution in [0.4, 0.5) is 8.78 Å². The number of aromatic nitrogens is 2. The minimum absolute atomic E-state index is 0.0565. The summed E-state index contributed by atoms with van der Waals surface area (Å²) in [5.41, 5.74) is 0.683. The first-order chi connectivity index (χ1) is 14.6. The van der Waals surface area contributed by atoms with Gasteiger partial charge >= 0.3 is 12.1 Å². The van der Waals surface area contributed by atoms with Gasteiger partial charge in [0.05, 0.1) is 6.42 Å². The summed E-state index contributed by atoms with van der Waals surface area (Å²) in [6.45, 7) is 0.618. The Kier molecular flexibility index (Phi) is 6.50. The van der Waals surface area contributed by atoms with Crippen molar-refractivity contribution in [2.75, 3.05) is 0 Å². The summed E-state index contributed by atoms with van der Waals surface area (Å²) in [6, 6.07) is 10.4. The summed E-state index contributed by atoms with van der Waals surface area (Å²) in [7, 11) is 0. The Labute approximate surface area is 179 Å². The van der Waals surface area contributed by atoms with Gasteiger partial charge in [0.15, 0.2) is 0 Å². The van der Waals surface area contributed by atoms with E-state index in [1.165, 1.54) is 48.5 Å². The van der Waals surface area contributed by atoms with Crippen molar-refractivity contribution in [3.8, 4) is 17.1 Å². The Morgan fingerprint density at radius 2 is 1.84 bits per heavy atom. The van der Waals surface area contributed by atoms with Crippen LogP contribution in [-0.4, -0.2) is 33.2 Å². The molecule has 1 heterocycles. The number of nitrogens with one attached hydrogen (secondary N) is 1. The Balaban J connectivity index is 1.78. The number of aliphatic carboxylic acids is 1. The molecule has 0 aliphatic carbocycles. The number of amides is 1. The first kappa shape index (κ1) is 22.2. The molecule has 0 saturated heterocycles. The maximum atomic E-state index is 12.9. The fraction of sp³-hybridized carbons (Fsp3) is 0.200. The maximum Gasteiger partial charge on any atom is 0.394 e. The molecule has 162 valence electrons. The SMILES string of the molecule is CC(F)(F)Oc1ccc(-c2noc([C@H](CC(=O)O)NC(=O)c3ccc(Cl)cc3)n2)cc1. The molecule has 3 aromatic rings. The number of alkyl halides is 2. The Morgan fingerprint density at radius 1 is 1.19 bits per heavy atom. The molecule has 0 saturated carbocycles. The summed E-state index contributed by atoms with van der Waals surface area (Å²) in [5, 5.41) is 15.9. The van der Waals surface area contributed by atoms with Gasteiger partial charge in [-0.05, 0) is 48.5 Å². The zero-order valence-corrected chi connectivity index (χ0v) is 16.8. The fourth-order valence-electron chi connectivity index (χ4n) is 2.59. The monoisotopic (exact) mass is 451 g/mol. The summed E-state index contributed by atoms with van der Waals surface area (Å²) >= 11 is 5.80. The molecule has 0 radical (unpaired) electrons. The number of ether oxygens (including phenoxy) is 1. The third-order valence-electron chi connectivity index (χ3n) is 3.94. The molecule has 11 heteroatoms. The quantitative estimate of drug-likeness (QED) is 0.524. The highest BCUT2D eigenvalue weighted by atomic mass is 35.5. The van der Waals surface area contributed by atoms with E-state index in [9.17, 15) is 23.5 Å². The Bertz CT molecular complexity index is 1070. The van der Waals surface area contributed by atoms with E-state index in [4.69, 9.17) is 16.1 Å². The van der Waals surface area contributed by atoms with Gasteiger partial charge in [-0.25, -0.2) is 0 Å². The number of carbonyl (C=O) groups excluding carboxylic acids is 1. The Hall–Kier alpha value is -3.53. The fourth-order valence-corrected chi connectivity index (χ4v) is 2.72. The van der Waals surface area contributed by atoms with E-state index in [1.54, 1.807) is 0 Å². The van der Waals surface area contributed by atoms with E-state index < -0.39 is 30.4 Å². The molecule has 1 atom stereocenters. The normalized spacial score (nSPS) is 12.3. The number of carbonyl (C=O) groups is 2. The first-order valence-corrected chi connectivity index (χ1v) is 9.27. The molecule has 1 aromatic heterocycles. The second-order valence-corrected chi connectivity index (χ2v) is 6.96. The molecule has 31 heavy (non-hydrogen) atoms. The van der Waals surface area contributed by atoms with Crippen molar-refractivity contribution in [1.82, 2.24) is 15.5 Å². The lowest BCUT2D eigenvalue weighted by Crippen LogP contribution is -2.30. The molecule has 0 fully saturated rings. The van der Waals surface area contributed by atoms with E-state index >= 15 is 0 Å². The van der Waals surface area contributed by atoms with Crippen molar-refractivity contribution in [3.05, 3.63) is 65.0 Å². The lowest BCUT2D eigenvalue weighted by molar-refractivity contribution is -0.159. The number of carboxylic acid groups (broad SMARTS) is 1. The second-order valence-electron chi connectivity index (χ2n) is 6.52. The molecule has 2 aromatic carbocycles. The highest BCUT2D eigenvalue weighted by molar-refractivity contribution is 6.30. The second kappa shape index (κ2) is 9.09. The van der Waals surface area contributed by atoms with Crippen molar-refractivity contribution >= 4 is 23.5 Å². The maximum absolute atomic E-state index is 12.9. The van der Waals surface area contributed by atoms with Gasteiger partial charge in [-0.2, -0.15) is 13.8 Å². The predicted octanol–water partition coefficient (Wildman–Crippen LogP) is 4.33. The lowest BCUT2D eigenvalue weighted by Gasteiger charge is -2.13. The number of hydrogen-bond acceptors (Lipinski definition) is 6. The van der Waals surface area contributed by atoms with Crippen LogP contribution in [0.5, 0.6) is 5.75 Å². The van der Waals surface area contributed by atoms with Crippen LogP contribution >= 0.6 is 11.6 Å². The zero-order chi connectivity index (χ0) is 22.6. The number of nitrogens with zero attached hydrogens (tertiary/aromatic N) is 2. The van der Waals surface area contributed by atoms with Gasteiger partial charge in [0, 0.05) is 23.1 Å². The highest BCUT2D eigenvalue weighted by Gasteiger charge is 2.26. The van der Waals surface area contributed by atoms with E-state index in [1.807, 2.05) is 0 Å². The molecule has 0 unspecified atom stereocenters. The molecular formula is C20H16ClF2N3O5. The Morgan fingerprint density at radius 3 is 2.42 bits per heavy atom. The smallest absolute Gasteiger partial charge is 0.394 e. The van der Waals surface area contributed by atoms with Gasteiger partial charge in [-0.15, -0.1) is 0 Å². The van der Waals surface area contributed by atoms with Gasteiger partial charge in [0.25, 0.3) is 5.91 Å². The molecule has 0 aliphatic heterocycles. The van der Waals surface area contributed by atoms with Gasteiger partial charge < -0.3 is 19.7 Å². The minimum Gasteiger partial charge on any atom is -0.481 e. The van der Waals surface area contributed by atoms with Crippen LogP contribution in [0.1, 0.15) is 35.6 Å². The van der Waals surface area contributed by atoms with Gasteiger partial charge in [0.2, 0.25) is 11.7 Å². The van der Waals surface area contributed by atoms with Crippen molar-refractivity contribution in [2.45, 2.75) is 25.5 Å². The summed E-state index contributed by atoms with van der Waals surface area (Å²) in [4.78, 5) is 27.8. The molecule has 0 bridgehead atoms. The summed E-state index contributed by atoms with van der Waals surface area (Å²) < 4.78 is 35.4. The lowest BCUT2D eigenvalue weighted by atomic mass is 10.1. The van der Waals surface area contributed by atoms with E-state index in [0.717, 1.165) is 0 Å². The van der Waals surface area contributed by atoms with Crippen molar-refractivity contribution in [2.24, 2.45) is 0 Å². The van der Waals surface area contributed by atoms with Crippen molar-refractivity contribution < 1.29 is 32.7 Å². The molecule has 2 N–H and O–H groups in total. The van der Waals surface area contributed by atoms with Crippen LogP contribution in [-0.2, 0) is 4.79 Å². The van der Waals surface area contributed by atoms with Crippen LogP contribution in [0.25, 0.3) is 11.4 Å². The third kappa shape index (κ3) is 6.22. The van der Waals surface area contributed by atoms with Crippen LogP contribution in [0.2, 0.25) is 5.02 Å². The van der Waals surface area contributed by atoms with Crippen molar-refractivity contribution in [3.63, 3.8) is 0 Å².